The van der Waals surface area contributed by atoms with Gasteiger partial charge in [0.05, 0.1) is 6.61 Å². The van der Waals surface area contributed by atoms with Gasteiger partial charge in [0.25, 0.3) is 0 Å². The van der Waals surface area contributed by atoms with Crippen LogP contribution in [0.1, 0.15) is 65.4 Å². The lowest BCUT2D eigenvalue weighted by Crippen LogP contribution is -2.24. The van der Waals surface area contributed by atoms with Gasteiger partial charge in [-0.2, -0.15) is 0 Å². The van der Waals surface area contributed by atoms with Crippen LogP contribution in [0.5, 0.6) is 5.75 Å². The molecule has 0 spiro atoms. The molecule has 0 N–H and O–H groups in total. The molecule has 0 aliphatic carbocycles. The highest BCUT2D eigenvalue weighted by Gasteiger charge is 2.23. The number of aryl methyl sites for hydroxylation is 1. The molecule has 0 fully saturated rings. The third-order valence-corrected chi connectivity index (χ3v) is 4.39. The van der Waals surface area contributed by atoms with Crippen molar-refractivity contribution in [3.05, 3.63) is 29.8 Å². The number of unbranched alkanes of at least 4 members (excludes halogenated alkanes) is 1. The Balaban J connectivity index is 2.50. The monoisotopic (exact) mass is 334 g/mol. The molecule has 4 nitrogen and oxygen atoms in total. The third-order valence-electron chi connectivity index (χ3n) is 4.39. The van der Waals surface area contributed by atoms with Crippen LogP contribution in [0.15, 0.2) is 24.3 Å². The molecule has 0 aliphatic heterocycles. The Morgan fingerprint density at radius 1 is 1.17 bits per heavy atom. The Morgan fingerprint density at radius 3 is 2.50 bits per heavy atom. The third kappa shape index (κ3) is 7.16. The molecule has 0 saturated carbocycles. The van der Waals surface area contributed by atoms with Crippen LogP contribution in [-0.2, 0) is 20.7 Å². The summed E-state index contributed by atoms with van der Waals surface area (Å²) < 4.78 is 10.7. The quantitative estimate of drug-likeness (QED) is 0.460. The van der Waals surface area contributed by atoms with Gasteiger partial charge in [-0.1, -0.05) is 51.8 Å². The van der Waals surface area contributed by atoms with Crippen LogP contribution in [0, 0.1) is 5.41 Å². The molecule has 1 aromatic rings. The summed E-state index contributed by atoms with van der Waals surface area (Å²) >= 11 is 0. The maximum absolute atomic E-state index is 12.1. The highest BCUT2D eigenvalue weighted by Crippen LogP contribution is 2.28. The SMILES string of the molecule is CCCCC(C)(CC)COC(=O)CCc1ccccc1OC(C)=O. The lowest BCUT2D eigenvalue weighted by molar-refractivity contribution is -0.147. The zero-order chi connectivity index (χ0) is 18.0. The van der Waals surface area contributed by atoms with Gasteiger partial charge < -0.3 is 9.47 Å². The number of ether oxygens (including phenoxy) is 2. The highest BCUT2D eigenvalue weighted by molar-refractivity contribution is 5.71. The highest BCUT2D eigenvalue weighted by atomic mass is 16.5. The fourth-order valence-electron chi connectivity index (χ4n) is 2.48. The number of para-hydroxylation sites is 1. The number of carbonyl (C=O) groups excluding carboxylic acids is 2. The summed E-state index contributed by atoms with van der Waals surface area (Å²) in [5, 5.41) is 0. The van der Waals surface area contributed by atoms with E-state index in [-0.39, 0.29) is 23.8 Å². The van der Waals surface area contributed by atoms with Gasteiger partial charge in [-0.15, -0.1) is 0 Å². The number of benzene rings is 1. The van der Waals surface area contributed by atoms with E-state index < -0.39 is 0 Å². The molecule has 24 heavy (non-hydrogen) atoms. The molecule has 4 heteroatoms. The van der Waals surface area contributed by atoms with E-state index in [1.165, 1.54) is 6.92 Å². The van der Waals surface area contributed by atoms with E-state index in [9.17, 15) is 9.59 Å². The largest absolute Gasteiger partial charge is 0.465 e. The molecule has 1 atom stereocenters. The van der Waals surface area contributed by atoms with Crippen molar-refractivity contribution < 1.29 is 19.1 Å². The molecule has 0 amide bonds. The fraction of sp³-hybridized carbons (Fsp3) is 0.600. The van der Waals surface area contributed by atoms with Gasteiger partial charge >= 0.3 is 11.9 Å². The van der Waals surface area contributed by atoms with Gasteiger partial charge in [0.15, 0.2) is 0 Å². The first kappa shape index (κ1) is 20.2. The predicted molar refractivity (Wildman–Crippen MR) is 95.0 cm³/mol. The summed E-state index contributed by atoms with van der Waals surface area (Å²) in [5.74, 6) is -0.0531. The average Bonchev–Trinajstić information content (AvgIpc) is 2.57. The second kappa shape index (κ2) is 10.1. The summed E-state index contributed by atoms with van der Waals surface area (Å²) in [7, 11) is 0. The molecule has 0 aliphatic rings. The molecule has 0 bridgehead atoms. The standard InChI is InChI=1S/C20H30O4/c1-5-7-14-20(4,6-2)15-23-19(22)13-12-17-10-8-9-11-18(17)24-16(3)21/h8-11H,5-7,12-15H2,1-4H3. The second-order valence-corrected chi connectivity index (χ2v) is 6.63. The minimum Gasteiger partial charge on any atom is -0.465 e. The minimum absolute atomic E-state index is 0.0569. The first-order valence-corrected chi connectivity index (χ1v) is 8.82. The van der Waals surface area contributed by atoms with Gasteiger partial charge in [0.1, 0.15) is 5.75 Å². The molecule has 1 unspecified atom stereocenters. The Labute approximate surface area is 145 Å². The van der Waals surface area contributed by atoms with Crippen LogP contribution in [-0.4, -0.2) is 18.5 Å². The zero-order valence-electron chi connectivity index (χ0n) is 15.4. The Hall–Kier alpha value is -1.84. The minimum atomic E-state index is -0.361. The molecular formula is C20H30O4. The van der Waals surface area contributed by atoms with Gasteiger partial charge in [-0.3, -0.25) is 9.59 Å². The summed E-state index contributed by atoms with van der Waals surface area (Å²) in [4.78, 5) is 23.2. The van der Waals surface area contributed by atoms with Crippen molar-refractivity contribution in [2.75, 3.05) is 6.61 Å². The van der Waals surface area contributed by atoms with E-state index in [4.69, 9.17) is 9.47 Å². The number of carbonyl (C=O) groups is 2. The molecule has 0 aromatic heterocycles. The van der Waals surface area contributed by atoms with Crippen molar-refractivity contribution >= 4 is 11.9 Å². The van der Waals surface area contributed by atoms with Crippen molar-refractivity contribution in [3.63, 3.8) is 0 Å². The number of hydrogen-bond donors (Lipinski definition) is 0. The lowest BCUT2D eigenvalue weighted by atomic mass is 9.83. The molecule has 0 saturated heterocycles. The van der Waals surface area contributed by atoms with Crippen molar-refractivity contribution in [2.45, 2.75) is 66.2 Å². The van der Waals surface area contributed by atoms with E-state index in [1.54, 1.807) is 12.1 Å². The van der Waals surface area contributed by atoms with Gasteiger partial charge in [-0.05, 0) is 30.9 Å². The van der Waals surface area contributed by atoms with Crippen LogP contribution in [0.2, 0.25) is 0 Å². The second-order valence-electron chi connectivity index (χ2n) is 6.63. The smallest absolute Gasteiger partial charge is 0.308 e. The molecule has 1 rings (SSSR count). The predicted octanol–water partition coefficient (Wildman–Crippen LogP) is 4.69. The first-order valence-electron chi connectivity index (χ1n) is 8.82. The molecular weight excluding hydrogens is 304 g/mol. The van der Waals surface area contributed by atoms with Crippen LogP contribution in [0.4, 0.5) is 0 Å². The Morgan fingerprint density at radius 2 is 1.88 bits per heavy atom. The number of hydrogen-bond acceptors (Lipinski definition) is 4. The van der Waals surface area contributed by atoms with E-state index >= 15 is 0 Å². The molecule has 0 heterocycles. The fourth-order valence-corrected chi connectivity index (χ4v) is 2.48. The van der Waals surface area contributed by atoms with Crippen molar-refractivity contribution in [1.82, 2.24) is 0 Å². The van der Waals surface area contributed by atoms with E-state index in [0.717, 1.165) is 31.2 Å². The molecule has 134 valence electrons. The van der Waals surface area contributed by atoms with Gasteiger partial charge in [0.2, 0.25) is 0 Å². The van der Waals surface area contributed by atoms with E-state index in [2.05, 4.69) is 20.8 Å². The summed E-state index contributed by atoms with van der Waals surface area (Å²) in [6, 6.07) is 7.27. The summed E-state index contributed by atoms with van der Waals surface area (Å²) in [6.45, 7) is 8.31. The Kier molecular flexibility index (Phi) is 8.51. The maximum atomic E-state index is 12.1. The van der Waals surface area contributed by atoms with Crippen LogP contribution in [0.25, 0.3) is 0 Å². The van der Waals surface area contributed by atoms with Gasteiger partial charge in [-0.25, -0.2) is 0 Å². The molecule has 1 aromatic carbocycles. The van der Waals surface area contributed by atoms with Crippen LogP contribution in [0.3, 0.4) is 0 Å². The van der Waals surface area contributed by atoms with Crippen LogP contribution >= 0.6 is 0 Å². The average molecular weight is 334 g/mol. The van der Waals surface area contributed by atoms with Gasteiger partial charge in [0, 0.05) is 18.8 Å². The summed E-state index contributed by atoms with van der Waals surface area (Å²) in [5.41, 5.74) is 0.898. The van der Waals surface area contributed by atoms with Crippen LogP contribution < -0.4 is 4.74 Å². The maximum Gasteiger partial charge on any atom is 0.308 e. The van der Waals surface area contributed by atoms with Crippen molar-refractivity contribution in [3.8, 4) is 5.75 Å². The zero-order valence-corrected chi connectivity index (χ0v) is 15.4. The topological polar surface area (TPSA) is 52.6 Å². The van der Waals surface area contributed by atoms with E-state index in [1.807, 2.05) is 12.1 Å². The number of rotatable bonds is 10. The van der Waals surface area contributed by atoms with Crippen molar-refractivity contribution in [1.29, 1.82) is 0 Å². The first-order chi connectivity index (χ1) is 11.4. The number of esters is 2. The normalized spacial score (nSPS) is 13.2. The van der Waals surface area contributed by atoms with Crippen molar-refractivity contribution in [2.24, 2.45) is 5.41 Å². The van der Waals surface area contributed by atoms with E-state index in [0.29, 0.717) is 18.8 Å². The molecule has 0 radical (unpaired) electrons. The Bertz CT molecular complexity index is 538. The summed E-state index contributed by atoms with van der Waals surface area (Å²) in [6.07, 6.45) is 5.15. The lowest BCUT2D eigenvalue weighted by Gasteiger charge is -2.27.